The molecule has 0 atom stereocenters. The summed E-state index contributed by atoms with van der Waals surface area (Å²) in [5, 5.41) is 4.41. The molecule has 1 aliphatic heterocycles. The van der Waals surface area contributed by atoms with E-state index >= 15 is 0 Å². The summed E-state index contributed by atoms with van der Waals surface area (Å²) in [7, 11) is -3.66. The molecular weight excluding hydrogens is 310 g/mol. The Labute approximate surface area is 134 Å². The van der Waals surface area contributed by atoms with Gasteiger partial charge in [0.2, 0.25) is 0 Å². The molecule has 0 unspecified atom stereocenters. The normalized spacial score (nSPS) is 14.8. The van der Waals surface area contributed by atoms with Gasteiger partial charge in [-0.3, -0.25) is 0 Å². The van der Waals surface area contributed by atoms with Gasteiger partial charge in [0.05, 0.1) is 10.4 Å². The van der Waals surface area contributed by atoms with Gasteiger partial charge in [-0.15, -0.1) is 0 Å². The van der Waals surface area contributed by atoms with E-state index in [9.17, 15) is 8.42 Å². The standard InChI is InChI=1S/C17H17N3O2S/c18-14-4-2-5-15(9-14)23(21,22)20-11-13-7-8-19-10-12-3-1-6-16(20)17(12)13/h1-6,9,11,19H,7-8,10,18H2. The van der Waals surface area contributed by atoms with Crippen LogP contribution in [0.1, 0.15) is 11.1 Å². The lowest BCUT2D eigenvalue weighted by molar-refractivity contribution is 0.589. The fourth-order valence-electron chi connectivity index (χ4n) is 3.19. The molecule has 2 heterocycles. The topological polar surface area (TPSA) is 77.1 Å². The maximum atomic E-state index is 13.0. The van der Waals surface area contributed by atoms with Crippen molar-refractivity contribution in [2.75, 3.05) is 12.3 Å². The number of nitrogens with two attached hydrogens (primary N) is 1. The molecule has 0 saturated carbocycles. The SMILES string of the molecule is Nc1cccc(S(=O)(=O)n2cc3c4c(cccc42)CNCC3)c1. The van der Waals surface area contributed by atoms with Crippen LogP contribution in [0.4, 0.5) is 5.69 Å². The van der Waals surface area contributed by atoms with Crippen molar-refractivity contribution in [1.29, 1.82) is 0 Å². The van der Waals surface area contributed by atoms with Crippen LogP contribution in [-0.4, -0.2) is 18.9 Å². The van der Waals surface area contributed by atoms with E-state index in [1.165, 1.54) is 10.0 Å². The molecule has 0 saturated heterocycles. The monoisotopic (exact) mass is 327 g/mol. The van der Waals surface area contributed by atoms with E-state index in [1.54, 1.807) is 24.4 Å². The zero-order valence-electron chi connectivity index (χ0n) is 12.5. The Hall–Kier alpha value is -2.31. The second-order valence-corrected chi connectivity index (χ2v) is 7.58. The number of rotatable bonds is 2. The van der Waals surface area contributed by atoms with E-state index in [0.29, 0.717) is 5.69 Å². The fraction of sp³-hybridized carbons (Fsp3) is 0.176. The number of benzene rings is 2. The van der Waals surface area contributed by atoms with Crippen molar-refractivity contribution < 1.29 is 8.42 Å². The Morgan fingerprint density at radius 2 is 1.91 bits per heavy atom. The summed E-state index contributed by atoms with van der Waals surface area (Å²) in [4.78, 5) is 0.210. The number of nitrogens with zero attached hydrogens (tertiary/aromatic N) is 1. The molecular formula is C17H17N3O2S. The first kappa shape index (κ1) is 14.3. The third-order valence-corrected chi connectivity index (χ3v) is 5.93. The molecule has 6 heteroatoms. The van der Waals surface area contributed by atoms with Crippen LogP contribution >= 0.6 is 0 Å². The zero-order chi connectivity index (χ0) is 16.0. The van der Waals surface area contributed by atoms with Gasteiger partial charge in [-0.1, -0.05) is 18.2 Å². The number of nitrogens with one attached hydrogen (secondary N) is 1. The fourth-order valence-corrected chi connectivity index (χ4v) is 4.63. The Morgan fingerprint density at radius 1 is 1.09 bits per heavy atom. The lowest BCUT2D eigenvalue weighted by Crippen LogP contribution is -2.15. The van der Waals surface area contributed by atoms with Gasteiger partial charge in [-0.25, -0.2) is 12.4 Å². The number of hydrogen-bond donors (Lipinski definition) is 2. The van der Waals surface area contributed by atoms with Crippen molar-refractivity contribution in [2.24, 2.45) is 0 Å². The molecule has 23 heavy (non-hydrogen) atoms. The predicted octanol–water partition coefficient (Wildman–Crippen LogP) is 2.11. The molecule has 0 amide bonds. The van der Waals surface area contributed by atoms with Crippen molar-refractivity contribution in [1.82, 2.24) is 9.29 Å². The van der Waals surface area contributed by atoms with Crippen molar-refractivity contribution in [3.63, 3.8) is 0 Å². The van der Waals surface area contributed by atoms with E-state index in [0.717, 1.165) is 41.5 Å². The van der Waals surface area contributed by atoms with Crippen molar-refractivity contribution >= 4 is 26.6 Å². The Kier molecular flexibility index (Phi) is 3.18. The molecule has 3 N–H and O–H groups in total. The lowest BCUT2D eigenvalue weighted by Gasteiger charge is -2.09. The van der Waals surface area contributed by atoms with E-state index < -0.39 is 10.0 Å². The average Bonchev–Trinajstić information content (AvgIpc) is 2.79. The number of anilines is 1. The summed E-state index contributed by atoms with van der Waals surface area (Å²) in [6, 6.07) is 12.2. The van der Waals surface area contributed by atoms with Crippen LogP contribution < -0.4 is 11.1 Å². The Morgan fingerprint density at radius 3 is 2.74 bits per heavy atom. The van der Waals surface area contributed by atoms with Gasteiger partial charge in [0, 0.05) is 23.8 Å². The molecule has 0 radical (unpaired) electrons. The van der Waals surface area contributed by atoms with Crippen LogP contribution in [0.15, 0.2) is 53.6 Å². The van der Waals surface area contributed by atoms with Crippen LogP contribution in [0, 0.1) is 0 Å². The summed E-state index contributed by atoms with van der Waals surface area (Å²) in [6.45, 7) is 1.60. The molecule has 0 fully saturated rings. The summed E-state index contributed by atoms with van der Waals surface area (Å²) in [5.41, 5.74) is 9.11. The van der Waals surface area contributed by atoms with Gasteiger partial charge in [0.25, 0.3) is 10.0 Å². The summed E-state index contributed by atoms with van der Waals surface area (Å²) < 4.78 is 27.5. The predicted molar refractivity (Wildman–Crippen MR) is 90.8 cm³/mol. The highest BCUT2D eigenvalue weighted by atomic mass is 32.2. The van der Waals surface area contributed by atoms with Crippen molar-refractivity contribution in [2.45, 2.75) is 17.9 Å². The molecule has 118 valence electrons. The number of nitrogen functional groups attached to an aromatic ring is 1. The van der Waals surface area contributed by atoms with E-state index in [4.69, 9.17) is 5.73 Å². The third-order valence-electron chi connectivity index (χ3n) is 4.26. The average molecular weight is 327 g/mol. The highest BCUT2D eigenvalue weighted by Gasteiger charge is 2.23. The van der Waals surface area contributed by atoms with Crippen LogP contribution in [-0.2, 0) is 23.0 Å². The quantitative estimate of drug-likeness (QED) is 0.707. The molecule has 1 aliphatic rings. The van der Waals surface area contributed by atoms with Gasteiger partial charge in [0.15, 0.2) is 0 Å². The van der Waals surface area contributed by atoms with Gasteiger partial charge in [0.1, 0.15) is 0 Å². The van der Waals surface area contributed by atoms with Crippen molar-refractivity contribution in [3.8, 4) is 0 Å². The second kappa shape index (κ2) is 5.11. The first-order valence-corrected chi connectivity index (χ1v) is 8.95. The molecule has 0 aliphatic carbocycles. The summed E-state index contributed by atoms with van der Waals surface area (Å²) in [6.07, 6.45) is 2.56. The molecule has 0 spiro atoms. The van der Waals surface area contributed by atoms with Gasteiger partial charge in [-0.2, -0.15) is 0 Å². The molecule has 2 aromatic carbocycles. The minimum absolute atomic E-state index is 0.210. The van der Waals surface area contributed by atoms with Crippen molar-refractivity contribution in [3.05, 3.63) is 59.8 Å². The first-order valence-electron chi connectivity index (χ1n) is 7.51. The number of hydrogen-bond acceptors (Lipinski definition) is 4. The Bertz CT molecular complexity index is 1010. The van der Waals surface area contributed by atoms with E-state index in [1.807, 2.05) is 18.2 Å². The van der Waals surface area contributed by atoms with Crippen LogP contribution in [0.2, 0.25) is 0 Å². The van der Waals surface area contributed by atoms with E-state index in [2.05, 4.69) is 5.32 Å². The van der Waals surface area contributed by atoms with Gasteiger partial charge < -0.3 is 11.1 Å². The Balaban J connectivity index is 2.00. The third kappa shape index (κ3) is 2.22. The minimum Gasteiger partial charge on any atom is -0.399 e. The molecule has 5 nitrogen and oxygen atoms in total. The smallest absolute Gasteiger partial charge is 0.268 e. The summed E-state index contributed by atoms with van der Waals surface area (Å²) >= 11 is 0. The summed E-state index contributed by atoms with van der Waals surface area (Å²) in [5.74, 6) is 0. The highest BCUT2D eigenvalue weighted by Crippen LogP contribution is 2.30. The minimum atomic E-state index is -3.66. The molecule has 1 aromatic heterocycles. The lowest BCUT2D eigenvalue weighted by atomic mass is 10.1. The molecule has 0 bridgehead atoms. The maximum Gasteiger partial charge on any atom is 0.268 e. The second-order valence-electron chi connectivity index (χ2n) is 5.77. The van der Waals surface area contributed by atoms with E-state index in [-0.39, 0.29) is 4.90 Å². The molecule has 3 aromatic rings. The molecule has 4 rings (SSSR count). The van der Waals surface area contributed by atoms with Gasteiger partial charge >= 0.3 is 0 Å². The van der Waals surface area contributed by atoms with Crippen LogP contribution in [0.5, 0.6) is 0 Å². The van der Waals surface area contributed by atoms with Crippen LogP contribution in [0.3, 0.4) is 0 Å². The zero-order valence-corrected chi connectivity index (χ0v) is 13.3. The largest absolute Gasteiger partial charge is 0.399 e. The maximum absolute atomic E-state index is 13.0. The van der Waals surface area contributed by atoms with Crippen LogP contribution in [0.25, 0.3) is 10.9 Å². The first-order chi connectivity index (χ1) is 11.1. The number of aromatic nitrogens is 1. The van der Waals surface area contributed by atoms with Gasteiger partial charge in [-0.05, 0) is 48.4 Å². The highest BCUT2D eigenvalue weighted by molar-refractivity contribution is 7.90.